The summed E-state index contributed by atoms with van der Waals surface area (Å²) < 4.78 is 0.915. The largest absolute Gasteiger partial charge is 0.361 e. The van der Waals surface area contributed by atoms with Gasteiger partial charge in [0.1, 0.15) is 24.2 Å². The standard InChI is InChI=1S/C36H37N7O5S/c1-21-32(44)41-29(16-23-8-4-3-5-9-23)34(46)37-14-15-43(36(48)24-12-13-31-28(17-24)39-20-49-31)22(2)33(45)42-30(35(47)40-21)18-25-19-38-27-11-7-6-10-26(25)27/h3-13,17,19-22,29-30,38H,14-16,18H2,1-2H3,(H,37,46)(H,40,47)(H,41,44)(H,42,45)/t21-,22+,29-,30+/m0/s1. The van der Waals surface area contributed by atoms with Crippen molar-refractivity contribution in [3.63, 3.8) is 0 Å². The van der Waals surface area contributed by atoms with E-state index < -0.39 is 53.7 Å². The second kappa shape index (κ2) is 14.7. The van der Waals surface area contributed by atoms with Gasteiger partial charge in [0.15, 0.2) is 0 Å². The van der Waals surface area contributed by atoms with Crippen LogP contribution in [0.2, 0.25) is 0 Å². The third kappa shape index (κ3) is 7.62. The summed E-state index contributed by atoms with van der Waals surface area (Å²) in [6.07, 6.45) is 2.11. The molecular formula is C36H37N7O5S. The number of hydrogen-bond acceptors (Lipinski definition) is 7. The number of hydrogen-bond donors (Lipinski definition) is 5. The fraction of sp³-hybridized carbons (Fsp3) is 0.278. The van der Waals surface area contributed by atoms with E-state index in [1.165, 1.54) is 23.2 Å². The molecule has 0 bridgehead atoms. The number of nitrogens with one attached hydrogen (secondary N) is 5. The first-order valence-electron chi connectivity index (χ1n) is 16.1. The maximum absolute atomic E-state index is 14.0. The number of carbonyl (C=O) groups is 5. The van der Waals surface area contributed by atoms with Crippen molar-refractivity contribution in [3.05, 3.63) is 101 Å². The van der Waals surface area contributed by atoms with Crippen LogP contribution < -0.4 is 21.3 Å². The number of para-hydroxylation sites is 1. The van der Waals surface area contributed by atoms with Crippen LogP contribution in [-0.4, -0.2) is 81.7 Å². The van der Waals surface area contributed by atoms with E-state index in [2.05, 4.69) is 31.2 Å². The SMILES string of the molecule is C[C@@H]1NC(=O)[C@@H](Cc2c[nH]c3ccccc23)NC(=O)[C@@H](C)N(C(=O)c2ccc3scnc3c2)CCNC(=O)[C@H](Cc2ccccc2)NC1=O. The average Bonchev–Trinajstić information content (AvgIpc) is 3.75. The van der Waals surface area contributed by atoms with E-state index in [1.807, 2.05) is 54.6 Å². The molecule has 3 aromatic carbocycles. The number of aromatic nitrogens is 2. The smallest absolute Gasteiger partial charge is 0.254 e. The van der Waals surface area contributed by atoms with Gasteiger partial charge in [0.05, 0.1) is 15.7 Å². The molecular weight excluding hydrogens is 643 g/mol. The number of thiazole rings is 1. The van der Waals surface area contributed by atoms with Gasteiger partial charge >= 0.3 is 0 Å². The van der Waals surface area contributed by atoms with Gasteiger partial charge < -0.3 is 31.2 Å². The van der Waals surface area contributed by atoms with Crippen LogP contribution in [0.15, 0.2) is 84.5 Å². The molecule has 13 heteroatoms. The first-order chi connectivity index (χ1) is 23.7. The van der Waals surface area contributed by atoms with Crippen molar-refractivity contribution < 1.29 is 24.0 Å². The van der Waals surface area contributed by atoms with Crippen LogP contribution in [-0.2, 0) is 32.0 Å². The number of benzene rings is 3. The molecule has 6 rings (SSSR count). The van der Waals surface area contributed by atoms with Gasteiger partial charge in [-0.15, -0.1) is 11.3 Å². The molecule has 1 aliphatic heterocycles. The van der Waals surface area contributed by atoms with Gasteiger partial charge in [0, 0.05) is 48.6 Å². The Balaban J connectivity index is 1.33. The van der Waals surface area contributed by atoms with Crippen molar-refractivity contribution in [3.8, 4) is 0 Å². The number of rotatable bonds is 5. The lowest BCUT2D eigenvalue weighted by atomic mass is 10.0. The van der Waals surface area contributed by atoms with Gasteiger partial charge in [0.25, 0.3) is 5.91 Å². The molecule has 5 N–H and O–H groups in total. The first kappa shape index (κ1) is 33.3. The number of nitrogens with zero attached hydrogens (tertiary/aromatic N) is 2. The highest BCUT2D eigenvalue weighted by molar-refractivity contribution is 7.16. The van der Waals surface area contributed by atoms with Crippen molar-refractivity contribution >= 4 is 62.0 Å². The zero-order valence-electron chi connectivity index (χ0n) is 27.1. The van der Waals surface area contributed by atoms with Crippen molar-refractivity contribution in [2.24, 2.45) is 0 Å². The van der Waals surface area contributed by atoms with E-state index in [-0.39, 0.29) is 25.9 Å². The molecule has 4 atom stereocenters. The Hall–Kier alpha value is -5.56. The zero-order chi connectivity index (χ0) is 34.5. The number of fused-ring (bicyclic) bond motifs is 2. The number of carbonyl (C=O) groups excluding carboxylic acids is 5. The highest BCUT2D eigenvalue weighted by Gasteiger charge is 2.33. The molecule has 0 spiro atoms. The molecule has 0 radical (unpaired) electrons. The Kier molecular flexibility index (Phi) is 10.00. The van der Waals surface area contributed by atoms with Crippen molar-refractivity contribution in [1.29, 1.82) is 0 Å². The fourth-order valence-corrected chi connectivity index (χ4v) is 6.61. The van der Waals surface area contributed by atoms with Crippen LogP contribution in [0.5, 0.6) is 0 Å². The topological polar surface area (TPSA) is 165 Å². The van der Waals surface area contributed by atoms with Crippen LogP contribution in [0.4, 0.5) is 0 Å². The molecule has 0 saturated carbocycles. The minimum Gasteiger partial charge on any atom is -0.361 e. The van der Waals surface area contributed by atoms with Crippen LogP contribution in [0, 0.1) is 0 Å². The van der Waals surface area contributed by atoms with E-state index >= 15 is 0 Å². The number of amides is 5. The molecule has 49 heavy (non-hydrogen) atoms. The maximum atomic E-state index is 14.0. The lowest BCUT2D eigenvalue weighted by molar-refractivity contribution is -0.133. The summed E-state index contributed by atoms with van der Waals surface area (Å²) >= 11 is 1.45. The normalized spacial score (nSPS) is 21.3. The Morgan fingerprint density at radius 2 is 1.57 bits per heavy atom. The second-order valence-electron chi connectivity index (χ2n) is 12.1. The van der Waals surface area contributed by atoms with E-state index in [9.17, 15) is 24.0 Å². The molecule has 0 unspecified atom stereocenters. The average molecular weight is 680 g/mol. The third-order valence-corrected chi connectivity index (χ3v) is 9.55. The molecule has 2 aromatic heterocycles. The van der Waals surface area contributed by atoms with Crippen LogP contribution >= 0.6 is 11.3 Å². The summed E-state index contributed by atoms with van der Waals surface area (Å²) in [7, 11) is 0. The van der Waals surface area contributed by atoms with Gasteiger partial charge in [0.2, 0.25) is 23.6 Å². The lowest BCUT2D eigenvalue weighted by Gasteiger charge is -2.30. The lowest BCUT2D eigenvalue weighted by Crippen LogP contribution is -2.57. The minimum absolute atomic E-state index is 0.00774. The molecule has 1 fully saturated rings. The highest BCUT2D eigenvalue weighted by atomic mass is 32.1. The van der Waals surface area contributed by atoms with E-state index in [0.29, 0.717) is 11.1 Å². The summed E-state index contributed by atoms with van der Waals surface area (Å²) in [4.78, 5) is 77.5. The van der Waals surface area contributed by atoms with Gasteiger partial charge in [-0.2, -0.15) is 0 Å². The molecule has 252 valence electrons. The van der Waals surface area contributed by atoms with Crippen molar-refractivity contribution in [2.45, 2.75) is 50.9 Å². The molecule has 12 nitrogen and oxygen atoms in total. The molecule has 3 heterocycles. The van der Waals surface area contributed by atoms with Gasteiger partial charge in [-0.1, -0.05) is 48.5 Å². The van der Waals surface area contributed by atoms with Crippen LogP contribution in [0.1, 0.15) is 35.3 Å². The van der Waals surface area contributed by atoms with E-state index in [4.69, 9.17) is 0 Å². The molecule has 1 aliphatic rings. The maximum Gasteiger partial charge on any atom is 0.254 e. The second-order valence-corrected chi connectivity index (χ2v) is 13.0. The summed E-state index contributed by atoms with van der Waals surface area (Å²) in [5.41, 5.74) is 5.18. The first-order valence-corrected chi connectivity index (χ1v) is 17.0. The Bertz CT molecular complexity index is 2010. The predicted molar refractivity (Wildman–Crippen MR) is 187 cm³/mol. The molecule has 0 aliphatic carbocycles. The third-order valence-electron chi connectivity index (χ3n) is 8.74. The fourth-order valence-electron chi connectivity index (χ4n) is 5.95. The summed E-state index contributed by atoms with van der Waals surface area (Å²) in [5, 5.41) is 12.1. The monoisotopic (exact) mass is 679 g/mol. The number of aromatic amines is 1. The molecule has 1 saturated heterocycles. The van der Waals surface area contributed by atoms with Crippen molar-refractivity contribution in [1.82, 2.24) is 36.1 Å². The number of H-pyrrole nitrogens is 1. The summed E-state index contributed by atoms with van der Waals surface area (Å²) in [5.74, 6) is -2.60. The Morgan fingerprint density at radius 1 is 0.837 bits per heavy atom. The van der Waals surface area contributed by atoms with E-state index in [0.717, 1.165) is 26.7 Å². The molecule has 5 aromatic rings. The van der Waals surface area contributed by atoms with Crippen LogP contribution in [0.25, 0.3) is 21.1 Å². The van der Waals surface area contributed by atoms with Crippen molar-refractivity contribution in [2.75, 3.05) is 13.1 Å². The van der Waals surface area contributed by atoms with Gasteiger partial charge in [-0.05, 0) is 49.2 Å². The predicted octanol–water partition coefficient (Wildman–Crippen LogP) is 2.70. The van der Waals surface area contributed by atoms with Gasteiger partial charge in [-0.3, -0.25) is 24.0 Å². The van der Waals surface area contributed by atoms with E-state index in [1.54, 1.807) is 36.8 Å². The summed E-state index contributed by atoms with van der Waals surface area (Å²) in [6, 6.07) is 17.9. The zero-order valence-corrected chi connectivity index (χ0v) is 27.9. The van der Waals surface area contributed by atoms with Gasteiger partial charge in [-0.25, -0.2) is 4.98 Å². The highest BCUT2D eigenvalue weighted by Crippen LogP contribution is 2.22. The summed E-state index contributed by atoms with van der Waals surface area (Å²) in [6.45, 7) is 3.10. The quantitative estimate of drug-likeness (QED) is 0.192. The Labute approximate surface area is 286 Å². The minimum atomic E-state index is -1.09. The Morgan fingerprint density at radius 3 is 2.39 bits per heavy atom. The molecule has 5 amide bonds. The van der Waals surface area contributed by atoms with Crippen LogP contribution in [0.3, 0.4) is 0 Å².